The van der Waals surface area contributed by atoms with Crippen LogP contribution >= 0.6 is 0 Å². The second-order valence-corrected chi connectivity index (χ2v) is 5.84. The molecule has 2 aliphatic rings. The lowest BCUT2D eigenvalue weighted by Crippen LogP contribution is -2.63. The van der Waals surface area contributed by atoms with Crippen molar-refractivity contribution >= 4 is 5.97 Å². The van der Waals surface area contributed by atoms with Gasteiger partial charge in [0.15, 0.2) is 0 Å². The van der Waals surface area contributed by atoms with Crippen molar-refractivity contribution in [2.75, 3.05) is 19.7 Å². The van der Waals surface area contributed by atoms with Gasteiger partial charge in [0, 0.05) is 25.7 Å². The van der Waals surface area contributed by atoms with Crippen molar-refractivity contribution in [3.05, 3.63) is 35.9 Å². The second kappa shape index (κ2) is 5.54. The molecular weight excluding hydrogens is 252 g/mol. The average molecular weight is 274 g/mol. The van der Waals surface area contributed by atoms with E-state index in [1.54, 1.807) is 0 Å². The van der Waals surface area contributed by atoms with E-state index in [0.717, 1.165) is 32.5 Å². The van der Waals surface area contributed by atoms with E-state index in [1.165, 1.54) is 5.56 Å². The fourth-order valence-electron chi connectivity index (χ4n) is 3.43. The molecule has 2 heterocycles. The largest absolute Gasteiger partial charge is 0.465 e. The number of carbonyl (C=O) groups is 1. The zero-order chi connectivity index (χ0) is 14.0. The van der Waals surface area contributed by atoms with E-state index in [-0.39, 0.29) is 5.97 Å². The van der Waals surface area contributed by atoms with Crippen LogP contribution in [0.1, 0.15) is 25.3 Å². The molecule has 4 nitrogen and oxygen atoms in total. The minimum absolute atomic E-state index is 0.0831. The lowest BCUT2D eigenvalue weighted by molar-refractivity contribution is -0.152. The first-order valence-electron chi connectivity index (χ1n) is 7.43. The third-order valence-electron chi connectivity index (χ3n) is 4.29. The number of nitrogens with one attached hydrogen (secondary N) is 1. The van der Waals surface area contributed by atoms with Crippen LogP contribution in [0.3, 0.4) is 0 Å². The molecular formula is C16H22N2O2. The molecule has 0 saturated carbocycles. The van der Waals surface area contributed by atoms with Gasteiger partial charge < -0.3 is 4.74 Å². The lowest BCUT2D eigenvalue weighted by atomic mass is 9.96. The monoisotopic (exact) mass is 274 g/mol. The summed E-state index contributed by atoms with van der Waals surface area (Å²) in [6.45, 7) is 4.98. The molecule has 1 aromatic rings. The van der Waals surface area contributed by atoms with Gasteiger partial charge in [0.2, 0.25) is 0 Å². The van der Waals surface area contributed by atoms with Crippen LogP contribution in [0.2, 0.25) is 0 Å². The van der Waals surface area contributed by atoms with E-state index >= 15 is 0 Å². The van der Waals surface area contributed by atoms with Gasteiger partial charge in [-0.05, 0) is 25.3 Å². The predicted octanol–water partition coefficient (Wildman–Crippen LogP) is 1.56. The fourth-order valence-corrected chi connectivity index (χ4v) is 3.43. The highest BCUT2D eigenvalue weighted by Crippen LogP contribution is 2.31. The van der Waals surface area contributed by atoms with E-state index in [4.69, 9.17) is 4.74 Å². The summed E-state index contributed by atoms with van der Waals surface area (Å²) in [7, 11) is 0. The molecule has 4 heteroatoms. The van der Waals surface area contributed by atoms with Crippen LogP contribution in [0.15, 0.2) is 30.3 Å². The molecule has 2 atom stereocenters. The molecule has 2 saturated heterocycles. The maximum absolute atomic E-state index is 12.3. The molecule has 2 unspecified atom stereocenters. The highest BCUT2D eigenvalue weighted by Gasteiger charge is 2.50. The lowest BCUT2D eigenvalue weighted by Gasteiger charge is -2.39. The van der Waals surface area contributed by atoms with Gasteiger partial charge in [0.1, 0.15) is 5.54 Å². The van der Waals surface area contributed by atoms with Gasteiger partial charge in [-0.3, -0.25) is 10.2 Å². The molecule has 0 aromatic heterocycles. The van der Waals surface area contributed by atoms with Crippen molar-refractivity contribution in [2.45, 2.75) is 37.9 Å². The number of esters is 1. The summed E-state index contributed by atoms with van der Waals surface area (Å²) in [5.74, 6) is -0.0831. The number of rotatable bonds is 4. The van der Waals surface area contributed by atoms with Crippen molar-refractivity contribution in [1.82, 2.24) is 10.2 Å². The minimum Gasteiger partial charge on any atom is -0.465 e. The van der Waals surface area contributed by atoms with Gasteiger partial charge in [-0.1, -0.05) is 30.3 Å². The Hall–Kier alpha value is -1.39. The SMILES string of the molecule is CCOC(=O)C12CCC(CN(Cc3ccccc3)C1)N2. The summed E-state index contributed by atoms with van der Waals surface area (Å²) in [6.07, 6.45) is 1.95. The average Bonchev–Trinajstić information content (AvgIpc) is 2.77. The summed E-state index contributed by atoms with van der Waals surface area (Å²) in [5.41, 5.74) is 0.820. The molecule has 0 aliphatic carbocycles. The van der Waals surface area contributed by atoms with Crippen molar-refractivity contribution in [2.24, 2.45) is 0 Å². The van der Waals surface area contributed by atoms with Gasteiger partial charge >= 0.3 is 5.97 Å². The van der Waals surface area contributed by atoms with Crippen LogP contribution in [0.4, 0.5) is 0 Å². The van der Waals surface area contributed by atoms with E-state index in [9.17, 15) is 4.79 Å². The second-order valence-electron chi connectivity index (χ2n) is 5.84. The van der Waals surface area contributed by atoms with Crippen LogP contribution in [0.5, 0.6) is 0 Å². The van der Waals surface area contributed by atoms with Crippen LogP contribution in [0, 0.1) is 0 Å². The van der Waals surface area contributed by atoms with Gasteiger partial charge in [-0.15, -0.1) is 0 Å². The summed E-state index contributed by atoms with van der Waals surface area (Å²) >= 11 is 0. The van der Waals surface area contributed by atoms with Crippen LogP contribution < -0.4 is 5.32 Å². The normalized spacial score (nSPS) is 29.4. The number of hydrogen-bond donors (Lipinski definition) is 1. The zero-order valence-corrected chi connectivity index (χ0v) is 12.0. The summed E-state index contributed by atoms with van der Waals surface area (Å²) in [5, 5.41) is 3.49. The predicted molar refractivity (Wildman–Crippen MR) is 77.2 cm³/mol. The third-order valence-corrected chi connectivity index (χ3v) is 4.29. The molecule has 3 rings (SSSR count). The maximum Gasteiger partial charge on any atom is 0.327 e. The number of benzene rings is 1. The van der Waals surface area contributed by atoms with E-state index in [1.807, 2.05) is 13.0 Å². The molecule has 2 bridgehead atoms. The smallest absolute Gasteiger partial charge is 0.327 e. The Labute approximate surface area is 120 Å². The molecule has 0 spiro atoms. The Kier molecular flexibility index (Phi) is 3.76. The fraction of sp³-hybridized carbons (Fsp3) is 0.562. The Bertz CT molecular complexity index is 477. The molecule has 0 radical (unpaired) electrons. The molecule has 2 fully saturated rings. The Morgan fingerprint density at radius 3 is 3.00 bits per heavy atom. The maximum atomic E-state index is 12.3. The molecule has 2 aliphatic heterocycles. The Morgan fingerprint density at radius 2 is 2.25 bits per heavy atom. The van der Waals surface area contributed by atoms with Crippen LogP contribution in [-0.4, -0.2) is 42.1 Å². The van der Waals surface area contributed by atoms with Gasteiger partial charge in [0.05, 0.1) is 6.61 Å². The van der Waals surface area contributed by atoms with Crippen molar-refractivity contribution in [1.29, 1.82) is 0 Å². The first-order valence-corrected chi connectivity index (χ1v) is 7.43. The number of piperazine rings is 1. The number of likely N-dealkylation sites (tertiary alicyclic amines) is 1. The minimum atomic E-state index is -0.478. The molecule has 1 aromatic carbocycles. The third kappa shape index (κ3) is 2.58. The topological polar surface area (TPSA) is 41.6 Å². The molecule has 20 heavy (non-hydrogen) atoms. The number of fused-ring (bicyclic) bond motifs is 2. The highest BCUT2D eigenvalue weighted by molar-refractivity contribution is 5.82. The number of nitrogens with zero attached hydrogens (tertiary/aromatic N) is 1. The summed E-state index contributed by atoms with van der Waals surface area (Å²) in [4.78, 5) is 14.6. The quantitative estimate of drug-likeness (QED) is 0.846. The first kappa shape index (κ1) is 13.6. The molecule has 108 valence electrons. The van der Waals surface area contributed by atoms with Gasteiger partial charge in [-0.25, -0.2) is 4.79 Å². The molecule has 0 amide bonds. The van der Waals surface area contributed by atoms with Crippen LogP contribution in [-0.2, 0) is 16.1 Å². The van der Waals surface area contributed by atoms with E-state index < -0.39 is 5.54 Å². The summed E-state index contributed by atoms with van der Waals surface area (Å²) in [6, 6.07) is 10.9. The standard InChI is InChI=1S/C16H22N2O2/c1-2-20-15(19)16-9-8-14(17-16)11-18(12-16)10-13-6-4-3-5-7-13/h3-7,14,17H,2,8-12H2,1H3. The van der Waals surface area contributed by atoms with Gasteiger partial charge in [-0.2, -0.15) is 0 Å². The van der Waals surface area contributed by atoms with E-state index in [2.05, 4.69) is 34.5 Å². The van der Waals surface area contributed by atoms with Crippen LogP contribution in [0.25, 0.3) is 0 Å². The number of carbonyl (C=O) groups excluding carboxylic acids is 1. The van der Waals surface area contributed by atoms with Crippen molar-refractivity contribution in [3.63, 3.8) is 0 Å². The highest BCUT2D eigenvalue weighted by atomic mass is 16.5. The van der Waals surface area contributed by atoms with Crippen molar-refractivity contribution in [3.8, 4) is 0 Å². The van der Waals surface area contributed by atoms with E-state index in [0.29, 0.717) is 12.6 Å². The number of ether oxygens (including phenoxy) is 1. The van der Waals surface area contributed by atoms with Crippen molar-refractivity contribution < 1.29 is 9.53 Å². The zero-order valence-electron chi connectivity index (χ0n) is 12.0. The first-order chi connectivity index (χ1) is 9.72. The Morgan fingerprint density at radius 1 is 1.45 bits per heavy atom. The number of hydrogen-bond acceptors (Lipinski definition) is 4. The Balaban J connectivity index is 1.71. The van der Waals surface area contributed by atoms with Gasteiger partial charge in [0.25, 0.3) is 0 Å². The molecule has 1 N–H and O–H groups in total. The summed E-state index contributed by atoms with van der Waals surface area (Å²) < 4.78 is 5.27.